The van der Waals surface area contributed by atoms with Gasteiger partial charge in [-0.25, -0.2) is 13.1 Å². The Morgan fingerprint density at radius 1 is 1.10 bits per heavy atom. The Morgan fingerprint density at radius 2 is 1.83 bits per heavy atom. The monoisotopic (exact) mass is 454 g/mol. The van der Waals surface area contributed by atoms with E-state index in [4.69, 9.17) is 9.47 Å². The molecule has 0 fully saturated rings. The summed E-state index contributed by atoms with van der Waals surface area (Å²) in [6, 6.07) is 9.88. The Hall–Kier alpha value is -2.76. The van der Waals surface area contributed by atoms with Gasteiger partial charge in [-0.3, -0.25) is 14.4 Å². The first-order valence-corrected chi connectivity index (χ1v) is 11.5. The SMILES string of the molecule is COc1ccccc1C(=O)NCC(=O)OCC(=O)c1ccc(CCNS(C)(=O)=O)s1. The first-order valence-electron chi connectivity index (χ1n) is 8.83. The van der Waals surface area contributed by atoms with Gasteiger partial charge in [0.1, 0.15) is 12.3 Å². The largest absolute Gasteiger partial charge is 0.496 e. The molecule has 0 bridgehead atoms. The molecule has 11 heteroatoms. The van der Waals surface area contributed by atoms with Crippen LogP contribution in [0.2, 0.25) is 0 Å². The van der Waals surface area contributed by atoms with Gasteiger partial charge in [0.05, 0.1) is 23.8 Å². The molecule has 162 valence electrons. The molecular formula is C19H22N2O7S2. The molecule has 1 aromatic heterocycles. The fraction of sp³-hybridized carbons (Fsp3) is 0.316. The maximum atomic E-state index is 12.2. The zero-order chi connectivity index (χ0) is 22.1. The summed E-state index contributed by atoms with van der Waals surface area (Å²) in [6.45, 7) is -0.615. The van der Waals surface area contributed by atoms with E-state index < -0.39 is 35.1 Å². The fourth-order valence-electron chi connectivity index (χ4n) is 2.37. The highest BCUT2D eigenvalue weighted by atomic mass is 32.2. The highest BCUT2D eigenvalue weighted by Crippen LogP contribution is 2.18. The van der Waals surface area contributed by atoms with Gasteiger partial charge in [0.2, 0.25) is 15.8 Å². The number of amides is 1. The third-order valence-electron chi connectivity index (χ3n) is 3.78. The predicted molar refractivity (Wildman–Crippen MR) is 111 cm³/mol. The zero-order valence-electron chi connectivity index (χ0n) is 16.5. The molecule has 0 atom stereocenters. The highest BCUT2D eigenvalue weighted by Gasteiger charge is 2.15. The number of para-hydroxylation sites is 1. The van der Waals surface area contributed by atoms with Crippen molar-refractivity contribution in [3.63, 3.8) is 0 Å². The van der Waals surface area contributed by atoms with Crippen LogP contribution in [0.1, 0.15) is 24.9 Å². The lowest BCUT2D eigenvalue weighted by atomic mass is 10.2. The maximum Gasteiger partial charge on any atom is 0.325 e. The van der Waals surface area contributed by atoms with Crippen molar-refractivity contribution in [3.05, 3.63) is 51.7 Å². The number of carbonyl (C=O) groups is 3. The smallest absolute Gasteiger partial charge is 0.325 e. The van der Waals surface area contributed by atoms with E-state index in [1.807, 2.05) is 0 Å². The molecule has 1 heterocycles. The van der Waals surface area contributed by atoms with Crippen LogP contribution >= 0.6 is 11.3 Å². The van der Waals surface area contributed by atoms with Crippen molar-refractivity contribution < 1.29 is 32.3 Å². The average molecular weight is 455 g/mol. The minimum atomic E-state index is -3.26. The molecule has 0 aliphatic heterocycles. The van der Waals surface area contributed by atoms with E-state index in [1.54, 1.807) is 36.4 Å². The van der Waals surface area contributed by atoms with Gasteiger partial charge >= 0.3 is 5.97 Å². The number of thiophene rings is 1. The molecule has 0 saturated carbocycles. The molecule has 30 heavy (non-hydrogen) atoms. The van der Waals surface area contributed by atoms with Crippen molar-refractivity contribution in [2.75, 3.05) is 33.1 Å². The first-order chi connectivity index (χ1) is 14.2. The van der Waals surface area contributed by atoms with E-state index in [-0.39, 0.29) is 17.9 Å². The second kappa shape index (κ2) is 10.9. The Bertz CT molecular complexity index is 1020. The van der Waals surface area contributed by atoms with E-state index in [0.29, 0.717) is 17.0 Å². The van der Waals surface area contributed by atoms with E-state index in [2.05, 4.69) is 10.0 Å². The normalized spacial score (nSPS) is 11.0. The number of carbonyl (C=O) groups excluding carboxylic acids is 3. The number of sulfonamides is 1. The van der Waals surface area contributed by atoms with Gasteiger partial charge in [-0.05, 0) is 30.7 Å². The summed E-state index contributed by atoms with van der Waals surface area (Å²) in [5.41, 5.74) is 0.278. The van der Waals surface area contributed by atoms with Crippen LogP contribution in [0.4, 0.5) is 0 Å². The molecular weight excluding hydrogens is 432 g/mol. The molecule has 0 radical (unpaired) electrons. The van der Waals surface area contributed by atoms with Crippen LogP contribution in [0.15, 0.2) is 36.4 Å². The van der Waals surface area contributed by atoms with Crippen LogP contribution < -0.4 is 14.8 Å². The lowest BCUT2D eigenvalue weighted by Gasteiger charge is -2.09. The number of ketones is 1. The van der Waals surface area contributed by atoms with E-state index in [1.165, 1.54) is 18.4 Å². The van der Waals surface area contributed by atoms with Crippen molar-refractivity contribution in [1.82, 2.24) is 10.0 Å². The Balaban J connectivity index is 1.76. The third kappa shape index (κ3) is 7.58. The third-order valence-corrected chi connectivity index (χ3v) is 5.70. The highest BCUT2D eigenvalue weighted by molar-refractivity contribution is 7.88. The van der Waals surface area contributed by atoms with Crippen LogP contribution in [-0.4, -0.2) is 59.1 Å². The lowest BCUT2D eigenvalue weighted by molar-refractivity contribution is -0.141. The summed E-state index contributed by atoms with van der Waals surface area (Å²) >= 11 is 1.20. The molecule has 9 nitrogen and oxygen atoms in total. The predicted octanol–water partition coefficient (Wildman–Crippen LogP) is 1.00. The van der Waals surface area contributed by atoms with Crippen LogP contribution in [0.3, 0.4) is 0 Å². The van der Waals surface area contributed by atoms with Crippen molar-refractivity contribution in [2.24, 2.45) is 0 Å². The molecule has 0 aliphatic rings. The summed E-state index contributed by atoms with van der Waals surface area (Å²) in [5, 5.41) is 2.42. The number of nitrogens with one attached hydrogen (secondary N) is 2. The molecule has 0 spiro atoms. The number of rotatable bonds is 11. The molecule has 2 N–H and O–H groups in total. The standard InChI is InChI=1S/C19H22N2O7S2/c1-27-16-6-4-3-5-14(16)19(24)20-11-18(23)28-12-15(22)17-8-7-13(29-17)9-10-21-30(2,25)26/h3-8,21H,9-12H2,1-2H3,(H,20,24). The summed E-state index contributed by atoms with van der Waals surface area (Å²) in [7, 11) is -1.83. The van der Waals surface area contributed by atoms with Gasteiger partial charge in [-0.15, -0.1) is 11.3 Å². The second-order valence-corrected chi connectivity index (χ2v) is 9.15. The Kier molecular flexibility index (Phi) is 8.51. The Morgan fingerprint density at radius 3 is 2.53 bits per heavy atom. The van der Waals surface area contributed by atoms with Crippen LogP contribution in [0.5, 0.6) is 5.75 Å². The zero-order valence-corrected chi connectivity index (χ0v) is 18.1. The summed E-state index contributed by atoms with van der Waals surface area (Å²) in [4.78, 5) is 37.3. The van der Waals surface area contributed by atoms with Gasteiger partial charge in [0.15, 0.2) is 6.61 Å². The minimum absolute atomic E-state index is 0.230. The molecule has 0 saturated heterocycles. The molecule has 2 rings (SSSR count). The molecule has 1 amide bonds. The summed E-state index contributed by atoms with van der Waals surface area (Å²) in [5.74, 6) is -1.26. The van der Waals surface area contributed by atoms with Crippen LogP contribution in [0, 0.1) is 0 Å². The van der Waals surface area contributed by atoms with E-state index in [0.717, 1.165) is 11.1 Å². The number of hydrogen-bond acceptors (Lipinski definition) is 8. The summed E-state index contributed by atoms with van der Waals surface area (Å²) < 4.78 is 34.5. The van der Waals surface area contributed by atoms with Crippen LogP contribution in [-0.2, 0) is 26.0 Å². The van der Waals surface area contributed by atoms with Crippen molar-refractivity contribution >= 4 is 39.0 Å². The van der Waals surface area contributed by atoms with Gasteiger partial charge in [-0.2, -0.15) is 0 Å². The molecule has 0 aliphatic carbocycles. The molecule has 1 aromatic carbocycles. The summed E-state index contributed by atoms with van der Waals surface area (Å²) in [6.07, 6.45) is 1.52. The number of methoxy groups -OCH3 is 1. The van der Waals surface area contributed by atoms with Gasteiger partial charge < -0.3 is 14.8 Å². The average Bonchev–Trinajstić information content (AvgIpc) is 3.18. The topological polar surface area (TPSA) is 128 Å². The number of hydrogen-bond donors (Lipinski definition) is 2. The minimum Gasteiger partial charge on any atom is -0.496 e. The lowest BCUT2D eigenvalue weighted by Crippen LogP contribution is -2.31. The van der Waals surface area contributed by atoms with Gasteiger partial charge in [-0.1, -0.05) is 12.1 Å². The van der Waals surface area contributed by atoms with Crippen molar-refractivity contribution in [3.8, 4) is 5.75 Å². The maximum absolute atomic E-state index is 12.2. The number of ether oxygens (including phenoxy) is 2. The molecule has 2 aromatic rings. The molecule has 0 unspecified atom stereocenters. The van der Waals surface area contributed by atoms with Crippen LogP contribution in [0.25, 0.3) is 0 Å². The van der Waals surface area contributed by atoms with Crippen molar-refractivity contribution in [1.29, 1.82) is 0 Å². The van der Waals surface area contributed by atoms with E-state index >= 15 is 0 Å². The number of benzene rings is 1. The Labute approximate surface area is 178 Å². The van der Waals surface area contributed by atoms with Gasteiger partial charge in [0.25, 0.3) is 5.91 Å². The van der Waals surface area contributed by atoms with Gasteiger partial charge in [0, 0.05) is 11.4 Å². The quantitative estimate of drug-likeness (QED) is 0.383. The van der Waals surface area contributed by atoms with E-state index in [9.17, 15) is 22.8 Å². The number of esters is 1. The second-order valence-electron chi connectivity index (χ2n) is 6.15. The fourth-order valence-corrected chi connectivity index (χ4v) is 3.77. The van der Waals surface area contributed by atoms with Crippen molar-refractivity contribution in [2.45, 2.75) is 6.42 Å². The first kappa shape index (κ1) is 23.5. The number of Topliss-reactive ketones (excluding diaryl/α,β-unsaturated/α-hetero) is 1.